The van der Waals surface area contributed by atoms with Crippen molar-refractivity contribution >= 4 is 16.8 Å². The molecule has 1 saturated heterocycles. The van der Waals surface area contributed by atoms with Crippen molar-refractivity contribution in [3.8, 4) is 5.75 Å². The highest BCUT2D eigenvalue weighted by molar-refractivity contribution is 5.95. The largest absolute Gasteiger partial charge is 0.497 e. The second-order valence-electron chi connectivity index (χ2n) is 9.90. The molecule has 0 unspecified atom stereocenters. The van der Waals surface area contributed by atoms with E-state index < -0.39 is 0 Å². The van der Waals surface area contributed by atoms with Crippen LogP contribution in [0.5, 0.6) is 5.75 Å². The third-order valence-electron chi connectivity index (χ3n) is 7.15. The number of aromatic nitrogens is 1. The summed E-state index contributed by atoms with van der Waals surface area (Å²) in [6, 6.07) is 6.08. The summed E-state index contributed by atoms with van der Waals surface area (Å²) in [6.45, 7) is 4.27. The Bertz CT molecular complexity index is 950. The molecule has 1 N–H and O–H groups in total. The van der Waals surface area contributed by atoms with E-state index in [1.54, 1.807) is 7.11 Å². The molecule has 0 amide bonds. The fourth-order valence-electron chi connectivity index (χ4n) is 5.02. The Kier molecular flexibility index (Phi) is 12.2. The van der Waals surface area contributed by atoms with E-state index in [1.807, 2.05) is 16.7 Å². The molecule has 1 atom stereocenters. The summed E-state index contributed by atoms with van der Waals surface area (Å²) in [7, 11) is 1.70. The minimum atomic E-state index is 0.211. The Morgan fingerprint density at radius 3 is 2.49 bits per heavy atom. The van der Waals surface area contributed by atoms with Gasteiger partial charge in [0.05, 0.1) is 12.6 Å². The zero-order chi connectivity index (χ0) is 24.7. The minimum Gasteiger partial charge on any atom is -0.497 e. The Morgan fingerprint density at radius 2 is 1.77 bits per heavy atom. The van der Waals surface area contributed by atoms with Gasteiger partial charge in [0.15, 0.2) is 0 Å². The standard InChI is InChI=1S/C31H46N2O2/c1-3-4-5-6-7-8-9-10-11-12-13-14-15-16-17-18-31(34)33-25-29(26-21-22-32-24-26)28-23-27(35-2)19-20-30(28)33/h7-8,10-11,19-20,23,25-26,32H,3-6,9,12-18,21-22,24H2,1-2H3/b8-7-,11-10-/t26-/m1/s1. The first-order valence-corrected chi connectivity index (χ1v) is 14.0. The molecule has 2 heterocycles. The summed E-state index contributed by atoms with van der Waals surface area (Å²) in [4.78, 5) is 13.1. The number of unbranched alkanes of at least 4 members (excludes halogenated alkanes) is 8. The zero-order valence-electron chi connectivity index (χ0n) is 22.1. The average molecular weight is 479 g/mol. The molecule has 1 aromatic carbocycles. The summed E-state index contributed by atoms with van der Waals surface area (Å²) in [6.07, 6.45) is 26.3. The highest BCUT2D eigenvalue weighted by Crippen LogP contribution is 2.33. The quantitative estimate of drug-likeness (QED) is 0.195. The molecule has 4 heteroatoms. The summed E-state index contributed by atoms with van der Waals surface area (Å²) in [5.74, 6) is 1.53. The van der Waals surface area contributed by atoms with E-state index in [4.69, 9.17) is 4.74 Å². The Labute approximate surface area is 212 Å². The number of carbonyl (C=O) groups is 1. The van der Waals surface area contributed by atoms with Gasteiger partial charge in [-0.3, -0.25) is 9.36 Å². The van der Waals surface area contributed by atoms with E-state index in [-0.39, 0.29) is 5.91 Å². The van der Waals surface area contributed by atoms with Gasteiger partial charge >= 0.3 is 0 Å². The number of hydrogen-bond acceptors (Lipinski definition) is 3. The normalized spacial score (nSPS) is 16.2. The number of methoxy groups -OCH3 is 1. The smallest absolute Gasteiger partial charge is 0.231 e. The van der Waals surface area contributed by atoms with Crippen molar-refractivity contribution in [1.82, 2.24) is 9.88 Å². The highest BCUT2D eigenvalue weighted by Gasteiger charge is 2.23. The molecule has 0 radical (unpaired) electrons. The summed E-state index contributed by atoms with van der Waals surface area (Å²) in [5.41, 5.74) is 2.29. The van der Waals surface area contributed by atoms with Crippen LogP contribution in [0.15, 0.2) is 48.7 Å². The van der Waals surface area contributed by atoms with Crippen LogP contribution in [0.25, 0.3) is 10.9 Å². The second-order valence-corrected chi connectivity index (χ2v) is 9.90. The molecule has 1 aromatic heterocycles. The molecular formula is C31H46N2O2. The third kappa shape index (κ3) is 8.68. The molecule has 1 aliphatic rings. The number of hydrogen-bond donors (Lipinski definition) is 1. The fraction of sp³-hybridized carbons (Fsp3) is 0.581. The van der Waals surface area contributed by atoms with Crippen LogP contribution in [0.1, 0.15) is 107 Å². The third-order valence-corrected chi connectivity index (χ3v) is 7.15. The average Bonchev–Trinajstić information content (AvgIpc) is 3.54. The lowest BCUT2D eigenvalue weighted by Crippen LogP contribution is -2.09. The van der Waals surface area contributed by atoms with Gasteiger partial charge in [-0.05, 0) is 81.2 Å². The van der Waals surface area contributed by atoms with Crippen molar-refractivity contribution in [2.24, 2.45) is 0 Å². The van der Waals surface area contributed by atoms with Crippen LogP contribution in [0.4, 0.5) is 0 Å². The molecule has 0 bridgehead atoms. The summed E-state index contributed by atoms with van der Waals surface area (Å²) < 4.78 is 7.35. The predicted octanol–water partition coefficient (Wildman–Crippen LogP) is 8.18. The maximum Gasteiger partial charge on any atom is 0.231 e. The molecule has 192 valence electrons. The van der Waals surface area contributed by atoms with Gasteiger partial charge in [0.2, 0.25) is 5.91 Å². The van der Waals surface area contributed by atoms with Gasteiger partial charge in [0.25, 0.3) is 0 Å². The van der Waals surface area contributed by atoms with Crippen molar-refractivity contribution in [3.63, 3.8) is 0 Å². The van der Waals surface area contributed by atoms with E-state index in [2.05, 4.69) is 48.8 Å². The number of nitrogens with zero attached hydrogens (tertiary/aromatic N) is 1. The lowest BCUT2D eigenvalue weighted by molar-refractivity contribution is 0.0904. The number of benzene rings is 1. The van der Waals surface area contributed by atoms with Crippen LogP contribution in [-0.2, 0) is 0 Å². The van der Waals surface area contributed by atoms with Crippen molar-refractivity contribution in [1.29, 1.82) is 0 Å². The fourth-order valence-corrected chi connectivity index (χ4v) is 5.02. The van der Waals surface area contributed by atoms with Crippen LogP contribution >= 0.6 is 0 Å². The number of rotatable bonds is 16. The molecule has 1 aliphatic heterocycles. The van der Waals surface area contributed by atoms with E-state index in [9.17, 15) is 4.79 Å². The molecule has 4 nitrogen and oxygen atoms in total. The Morgan fingerprint density at radius 1 is 1.03 bits per heavy atom. The van der Waals surface area contributed by atoms with Crippen LogP contribution in [0.2, 0.25) is 0 Å². The molecule has 3 rings (SSSR count). The van der Waals surface area contributed by atoms with Crippen molar-refractivity contribution < 1.29 is 9.53 Å². The van der Waals surface area contributed by atoms with E-state index in [1.165, 1.54) is 56.9 Å². The van der Waals surface area contributed by atoms with Crippen LogP contribution in [0, 0.1) is 0 Å². The SMILES string of the molecule is CCCCC/C=C\C/C=C\CCCCCCCC(=O)n1cc([C@@H]2CCNC2)c2cc(OC)ccc21. The van der Waals surface area contributed by atoms with Gasteiger partial charge in [0, 0.05) is 24.5 Å². The number of nitrogens with one attached hydrogen (secondary N) is 1. The lowest BCUT2D eigenvalue weighted by Gasteiger charge is -2.07. The van der Waals surface area contributed by atoms with Gasteiger partial charge in [-0.1, -0.05) is 63.3 Å². The van der Waals surface area contributed by atoms with Gasteiger partial charge < -0.3 is 10.1 Å². The number of ether oxygens (including phenoxy) is 1. The minimum absolute atomic E-state index is 0.211. The van der Waals surface area contributed by atoms with Crippen LogP contribution in [0.3, 0.4) is 0 Å². The lowest BCUT2D eigenvalue weighted by atomic mass is 9.98. The van der Waals surface area contributed by atoms with Crippen molar-refractivity contribution in [3.05, 3.63) is 54.3 Å². The Hall–Kier alpha value is -2.33. The van der Waals surface area contributed by atoms with Crippen molar-refractivity contribution in [2.45, 2.75) is 96.3 Å². The molecule has 0 aliphatic carbocycles. The molecule has 2 aromatic rings. The summed E-state index contributed by atoms with van der Waals surface area (Å²) in [5, 5.41) is 4.61. The maximum absolute atomic E-state index is 13.1. The molecular weight excluding hydrogens is 432 g/mol. The van der Waals surface area contributed by atoms with E-state index in [0.717, 1.165) is 55.4 Å². The highest BCUT2D eigenvalue weighted by atomic mass is 16.5. The van der Waals surface area contributed by atoms with Gasteiger partial charge in [-0.25, -0.2) is 0 Å². The van der Waals surface area contributed by atoms with Gasteiger partial charge in [0.1, 0.15) is 5.75 Å². The van der Waals surface area contributed by atoms with Crippen LogP contribution < -0.4 is 10.1 Å². The topological polar surface area (TPSA) is 43.3 Å². The first-order valence-electron chi connectivity index (χ1n) is 14.0. The van der Waals surface area contributed by atoms with Crippen LogP contribution in [-0.4, -0.2) is 30.7 Å². The first kappa shape index (κ1) is 27.3. The zero-order valence-corrected chi connectivity index (χ0v) is 22.1. The number of fused-ring (bicyclic) bond motifs is 1. The molecule has 0 spiro atoms. The first-order chi connectivity index (χ1) is 17.2. The molecule has 1 fully saturated rings. The molecule has 0 saturated carbocycles. The second kappa shape index (κ2) is 15.6. The van der Waals surface area contributed by atoms with Gasteiger partial charge in [-0.2, -0.15) is 0 Å². The van der Waals surface area contributed by atoms with E-state index >= 15 is 0 Å². The monoisotopic (exact) mass is 478 g/mol. The number of carbonyl (C=O) groups excluding carboxylic acids is 1. The Balaban J connectivity index is 1.36. The number of allylic oxidation sites excluding steroid dienone is 4. The predicted molar refractivity (Wildman–Crippen MR) is 149 cm³/mol. The summed E-state index contributed by atoms with van der Waals surface area (Å²) >= 11 is 0. The van der Waals surface area contributed by atoms with Crippen molar-refractivity contribution in [2.75, 3.05) is 20.2 Å². The van der Waals surface area contributed by atoms with E-state index in [0.29, 0.717) is 12.3 Å². The van der Waals surface area contributed by atoms with Gasteiger partial charge in [-0.15, -0.1) is 0 Å². The molecule has 35 heavy (non-hydrogen) atoms. The maximum atomic E-state index is 13.1.